The average molecular weight is 376 g/mol. The van der Waals surface area contributed by atoms with Gasteiger partial charge in [-0.25, -0.2) is 16.8 Å². The monoisotopic (exact) mass is 375 g/mol. The Labute approximate surface area is 144 Å². The molecule has 1 aromatic carbocycles. The smallest absolute Gasteiger partial charge is 0.243 e. The van der Waals surface area contributed by atoms with Crippen LogP contribution in [0.3, 0.4) is 0 Å². The molecule has 0 saturated carbocycles. The number of ether oxygens (including phenoxy) is 1. The molecule has 8 heteroatoms. The van der Waals surface area contributed by atoms with Crippen molar-refractivity contribution in [2.45, 2.75) is 44.0 Å². The third kappa shape index (κ3) is 4.70. The summed E-state index contributed by atoms with van der Waals surface area (Å²) in [4.78, 5) is 0.241. The van der Waals surface area contributed by atoms with E-state index in [-0.39, 0.29) is 29.0 Å². The summed E-state index contributed by atoms with van der Waals surface area (Å²) >= 11 is 0. The van der Waals surface area contributed by atoms with Crippen LogP contribution in [0.15, 0.2) is 29.2 Å². The minimum Gasteiger partial charge on any atom is -0.493 e. The fourth-order valence-electron chi connectivity index (χ4n) is 2.70. The van der Waals surface area contributed by atoms with Gasteiger partial charge in [-0.2, -0.15) is 4.31 Å². The standard InChI is InChI=1S/C16H25NO5S2/c1-3-23(18,19)13-12-22-15-7-9-16(10-8-15)24(20,21)17-11-5-4-6-14(17)2/h7-10,14H,3-6,11-13H2,1-2H3. The second-order valence-corrected chi connectivity index (χ2v) is 10.4. The fraction of sp³-hybridized carbons (Fsp3) is 0.625. The minimum atomic E-state index is -3.49. The van der Waals surface area contributed by atoms with Gasteiger partial charge in [-0.05, 0) is 44.0 Å². The van der Waals surface area contributed by atoms with E-state index >= 15 is 0 Å². The number of benzene rings is 1. The van der Waals surface area contributed by atoms with E-state index in [1.54, 1.807) is 23.4 Å². The van der Waals surface area contributed by atoms with Crippen molar-refractivity contribution < 1.29 is 21.6 Å². The van der Waals surface area contributed by atoms with Crippen molar-refractivity contribution in [3.63, 3.8) is 0 Å². The van der Waals surface area contributed by atoms with Crippen LogP contribution < -0.4 is 4.74 Å². The first-order valence-electron chi connectivity index (χ1n) is 8.21. The van der Waals surface area contributed by atoms with Gasteiger partial charge in [-0.15, -0.1) is 0 Å². The van der Waals surface area contributed by atoms with Crippen LogP contribution in [-0.2, 0) is 19.9 Å². The maximum Gasteiger partial charge on any atom is 0.243 e. The lowest BCUT2D eigenvalue weighted by Crippen LogP contribution is -2.41. The van der Waals surface area contributed by atoms with E-state index in [0.717, 1.165) is 19.3 Å². The predicted molar refractivity (Wildman–Crippen MR) is 93.5 cm³/mol. The Bertz CT molecular complexity index is 741. The molecule has 0 radical (unpaired) electrons. The Morgan fingerprint density at radius 2 is 1.79 bits per heavy atom. The Balaban J connectivity index is 2.03. The Morgan fingerprint density at radius 1 is 1.12 bits per heavy atom. The Morgan fingerprint density at radius 3 is 2.38 bits per heavy atom. The summed E-state index contributed by atoms with van der Waals surface area (Å²) in [5, 5.41) is 0. The van der Waals surface area contributed by atoms with E-state index in [4.69, 9.17) is 4.74 Å². The van der Waals surface area contributed by atoms with Gasteiger partial charge in [0, 0.05) is 18.3 Å². The second kappa shape index (κ2) is 7.84. The van der Waals surface area contributed by atoms with Crippen molar-refractivity contribution in [2.24, 2.45) is 0 Å². The van der Waals surface area contributed by atoms with Crippen molar-refractivity contribution in [3.8, 4) is 5.75 Å². The first-order valence-corrected chi connectivity index (χ1v) is 11.5. The Hall–Kier alpha value is -1.12. The molecule has 1 aliphatic heterocycles. The molecule has 1 unspecified atom stereocenters. The van der Waals surface area contributed by atoms with Gasteiger partial charge >= 0.3 is 0 Å². The summed E-state index contributed by atoms with van der Waals surface area (Å²) in [6.07, 6.45) is 2.82. The van der Waals surface area contributed by atoms with Gasteiger partial charge in [-0.1, -0.05) is 13.3 Å². The number of rotatable bonds is 7. The maximum absolute atomic E-state index is 12.7. The van der Waals surface area contributed by atoms with Crippen LogP contribution in [0.1, 0.15) is 33.1 Å². The van der Waals surface area contributed by atoms with Crippen molar-refractivity contribution >= 4 is 19.9 Å². The number of sulfonamides is 1. The molecule has 24 heavy (non-hydrogen) atoms. The van der Waals surface area contributed by atoms with Crippen LogP contribution in [-0.4, -0.2) is 51.8 Å². The van der Waals surface area contributed by atoms with Crippen LogP contribution in [0, 0.1) is 0 Å². The molecule has 1 aliphatic rings. The molecule has 1 aromatic rings. The second-order valence-electron chi connectivity index (χ2n) is 6.02. The normalized spacial score (nSPS) is 20.0. The van der Waals surface area contributed by atoms with Crippen molar-refractivity contribution in [3.05, 3.63) is 24.3 Å². The molecule has 136 valence electrons. The zero-order chi connectivity index (χ0) is 17.8. The molecular formula is C16H25NO5S2. The number of sulfone groups is 1. The number of nitrogens with zero attached hydrogens (tertiary/aromatic N) is 1. The fourth-order valence-corrected chi connectivity index (χ4v) is 5.03. The quantitative estimate of drug-likeness (QED) is 0.729. The predicted octanol–water partition coefficient (Wildman–Crippen LogP) is 2.06. The van der Waals surface area contributed by atoms with E-state index in [1.807, 2.05) is 6.92 Å². The SMILES string of the molecule is CCS(=O)(=O)CCOc1ccc(S(=O)(=O)N2CCCCC2C)cc1. The highest BCUT2D eigenvalue weighted by Crippen LogP contribution is 2.26. The molecular weight excluding hydrogens is 350 g/mol. The van der Waals surface area contributed by atoms with Crippen LogP contribution >= 0.6 is 0 Å². The van der Waals surface area contributed by atoms with Gasteiger partial charge in [0.15, 0.2) is 9.84 Å². The molecule has 0 bridgehead atoms. The summed E-state index contributed by atoms with van der Waals surface area (Å²) < 4.78 is 55.2. The number of hydrogen-bond acceptors (Lipinski definition) is 5. The topological polar surface area (TPSA) is 80.8 Å². The molecule has 0 spiro atoms. The number of piperidine rings is 1. The molecule has 0 aliphatic carbocycles. The molecule has 1 fully saturated rings. The van der Waals surface area contributed by atoms with Gasteiger partial charge in [0.2, 0.25) is 10.0 Å². The Kier molecular flexibility index (Phi) is 6.28. The molecule has 0 aromatic heterocycles. The van der Waals surface area contributed by atoms with Gasteiger partial charge in [0.1, 0.15) is 12.4 Å². The lowest BCUT2D eigenvalue weighted by atomic mass is 10.1. The highest BCUT2D eigenvalue weighted by Gasteiger charge is 2.30. The molecule has 1 heterocycles. The van der Waals surface area contributed by atoms with Crippen LogP contribution in [0.2, 0.25) is 0 Å². The third-order valence-electron chi connectivity index (χ3n) is 4.28. The first-order chi connectivity index (χ1) is 11.3. The van der Waals surface area contributed by atoms with Gasteiger partial charge in [0.05, 0.1) is 10.6 Å². The van der Waals surface area contributed by atoms with Crippen molar-refractivity contribution in [2.75, 3.05) is 24.7 Å². The summed E-state index contributed by atoms with van der Waals surface area (Å²) in [5.74, 6) is 0.503. The van der Waals surface area contributed by atoms with Crippen LogP contribution in [0.25, 0.3) is 0 Å². The van der Waals surface area contributed by atoms with Crippen molar-refractivity contribution in [1.82, 2.24) is 4.31 Å². The highest BCUT2D eigenvalue weighted by atomic mass is 32.2. The maximum atomic E-state index is 12.7. The van der Waals surface area contributed by atoms with E-state index in [2.05, 4.69) is 0 Å². The van der Waals surface area contributed by atoms with Crippen LogP contribution in [0.5, 0.6) is 5.75 Å². The summed E-state index contributed by atoms with van der Waals surface area (Å²) in [7, 11) is -6.56. The molecule has 2 rings (SSSR count). The largest absolute Gasteiger partial charge is 0.493 e. The lowest BCUT2D eigenvalue weighted by molar-refractivity contribution is 0.268. The molecule has 1 saturated heterocycles. The van der Waals surface area contributed by atoms with E-state index in [0.29, 0.717) is 12.3 Å². The average Bonchev–Trinajstić information content (AvgIpc) is 2.55. The summed E-state index contributed by atoms with van der Waals surface area (Å²) in [5.41, 5.74) is 0. The van der Waals surface area contributed by atoms with Gasteiger partial charge < -0.3 is 4.74 Å². The lowest BCUT2D eigenvalue weighted by Gasteiger charge is -2.32. The number of hydrogen-bond donors (Lipinski definition) is 0. The molecule has 0 N–H and O–H groups in total. The zero-order valence-electron chi connectivity index (χ0n) is 14.1. The minimum absolute atomic E-state index is 0.0129. The molecule has 1 atom stereocenters. The third-order valence-corrected chi connectivity index (χ3v) is 7.97. The van der Waals surface area contributed by atoms with Crippen LogP contribution in [0.4, 0.5) is 0 Å². The molecule has 6 nitrogen and oxygen atoms in total. The van der Waals surface area contributed by atoms with E-state index in [1.165, 1.54) is 12.1 Å². The van der Waals surface area contributed by atoms with E-state index < -0.39 is 19.9 Å². The molecule has 0 amide bonds. The van der Waals surface area contributed by atoms with Gasteiger partial charge in [0.25, 0.3) is 0 Å². The van der Waals surface area contributed by atoms with E-state index in [9.17, 15) is 16.8 Å². The van der Waals surface area contributed by atoms with Crippen molar-refractivity contribution in [1.29, 1.82) is 0 Å². The van der Waals surface area contributed by atoms with Gasteiger partial charge in [-0.3, -0.25) is 0 Å². The highest BCUT2D eigenvalue weighted by molar-refractivity contribution is 7.91. The summed E-state index contributed by atoms with van der Waals surface area (Å²) in [6, 6.07) is 6.18. The zero-order valence-corrected chi connectivity index (χ0v) is 15.8. The summed E-state index contributed by atoms with van der Waals surface area (Å²) in [6.45, 7) is 4.14. The first kappa shape index (κ1) is 19.2.